The van der Waals surface area contributed by atoms with Crippen LogP contribution in [0.3, 0.4) is 0 Å². The Labute approximate surface area is 130 Å². The fourth-order valence-electron chi connectivity index (χ4n) is 2.62. The van der Waals surface area contributed by atoms with Gasteiger partial charge in [-0.15, -0.1) is 0 Å². The molecule has 0 heterocycles. The normalized spacial score (nSPS) is 16.4. The van der Waals surface area contributed by atoms with Crippen molar-refractivity contribution in [3.05, 3.63) is 29.8 Å². The number of hydrogen-bond acceptors (Lipinski definition) is 4. The third-order valence-electron chi connectivity index (χ3n) is 3.89. The van der Waals surface area contributed by atoms with E-state index in [2.05, 4.69) is 5.32 Å². The Morgan fingerprint density at radius 2 is 1.86 bits per heavy atom. The minimum atomic E-state index is -1.31. The number of ketones is 1. The van der Waals surface area contributed by atoms with E-state index in [1.807, 2.05) is 0 Å². The molecule has 1 aliphatic carbocycles. The summed E-state index contributed by atoms with van der Waals surface area (Å²) in [7, 11) is 1.40. The van der Waals surface area contributed by atoms with Crippen molar-refractivity contribution in [1.82, 2.24) is 5.32 Å². The molecule has 1 saturated carbocycles. The van der Waals surface area contributed by atoms with E-state index in [1.165, 1.54) is 26.3 Å². The van der Waals surface area contributed by atoms with Crippen LogP contribution in [0.4, 0.5) is 0 Å². The van der Waals surface area contributed by atoms with Gasteiger partial charge in [0.15, 0.2) is 11.7 Å². The quantitative estimate of drug-likeness (QED) is 0.669. The van der Waals surface area contributed by atoms with Crippen LogP contribution in [-0.2, 0) is 4.79 Å². The molecule has 5 nitrogen and oxygen atoms in total. The molecule has 116 valence electrons. The molecule has 0 aromatic heterocycles. The molecule has 1 aromatic carbocycles. The largest absolute Gasteiger partial charge is 0.490 e. The summed E-state index contributed by atoms with van der Waals surface area (Å²) in [5.74, 6) is -1.67. The van der Waals surface area contributed by atoms with Crippen LogP contribution in [0, 0.1) is 17.2 Å². The van der Waals surface area contributed by atoms with E-state index in [0.29, 0.717) is 5.56 Å². The summed E-state index contributed by atoms with van der Waals surface area (Å²) in [4.78, 5) is 23.7. The Morgan fingerprint density at radius 3 is 2.41 bits per heavy atom. The summed E-state index contributed by atoms with van der Waals surface area (Å²) in [5.41, 5.74) is 0.339. The van der Waals surface area contributed by atoms with Crippen LogP contribution in [0.25, 0.3) is 0 Å². The van der Waals surface area contributed by atoms with Gasteiger partial charge in [-0.05, 0) is 49.9 Å². The molecular weight excluding hydrogens is 280 g/mol. The Bertz CT molecular complexity index is 569. The maximum Gasteiger partial charge on any atom is 0.245 e. The second-order valence-corrected chi connectivity index (χ2v) is 5.44. The number of rotatable bonds is 5. The summed E-state index contributed by atoms with van der Waals surface area (Å²) in [6.45, 7) is 0. The summed E-state index contributed by atoms with van der Waals surface area (Å²) in [6, 6.07) is 8.39. The number of carbonyl (C=O) groups is 2. The van der Waals surface area contributed by atoms with E-state index in [9.17, 15) is 9.59 Å². The van der Waals surface area contributed by atoms with Crippen LogP contribution in [0.15, 0.2) is 24.3 Å². The SMILES string of the molecule is CNC(=O)[C@H](C#N)C(=O)c1ccc(OC2CCCCC2)cc1. The van der Waals surface area contributed by atoms with Crippen molar-refractivity contribution in [3.8, 4) is 11.8 Å². The molecule has 1 aromatic rings. The lowest BCUT2D eigenvalue weighted by Crippen LogP contribution is -2.32. The number of ether oxygens (including phenoxy) is 1. The zero-order valence-corrected chi connectivity index (χ0v) is 12.7. The average molecular weight is 300 g/mol. The number of amides is 1. The maximum absolute atomic E-state index is 12.2. The third-order valence-corrected chi connectivity index (χ3v) is 3.89. The van der Waals surface area contributed by atoms with Gasteiger partial charge in [-0.25, -0.2) is 0 Å². The fraction of sp³-hybridized carbons (Fsp3) is 0.471. The molecular formula is C17H20N2O3. The first-order chi connectivity index (χ1) is 10.7. The van der Waals surface area contributed by atoms with Crippen LogP contribution < -0.4 is 10.1 Å². The van der Waals surface area contributed by atoms with E-state index in [0.717, 1.165) is 18.6 Å². The number of Topliss-reactive ketones (excluding diaryl/α,β-unsaturated/α-hetero) is 1. The third kappa shape index (κ3) is 3.85. The first-order valence-corrected chi connectivity index (χ1v) is 7.58. The predicted molar refractivity (Wildman–Crippen MR) is 81.4 cm³/mol. The van der Waals surface area contributed by atoms with E-state index >= 15 is 0 Å². The van der Waals surface area contributed by atoms with Gasteiger partial charge in [-0.1, -0.05) is 6.42 Å². The van der Waals surface area contributed by atoms with E-state index < -0.39 is 17.6 Å². The van der Waals surface area contributed by atoms with Crippen molar-refractivity contribution >= 4 is 11.7 Å². The Hall–Kier alpha value is -2.35. The molecule has 1 aliphatic rings. The molecule has 1 fully saturated rings. The van der Waals surface area contributed by atoms with Gasteiger partial charge in [0.05, 0.1) is 12.2 Å². The lowest BCUT2D eigenvalue weighted by Gasteiger charge is -2.23. The first kappa shape index (κ1) is 16.0. The van der Waals surface area contributed by atoms with Gasteiger partial charge in [-0.3, -0.25) is 9.59 Å². The summed E-state index contributed by atoms with van der Waals surface area (Å²) < 4.78 is 5.89. The van der Waals surface area contributed by atoms with Crippen molar-refractivity contribution in [2.24, 2.45) is 5.92 Å². The molecule has 1 N–H and O–H groups in total. The van der Waals surface area contributed by atoms with Gasteiger partial charge in [-0.2, -0.15) is 5.26 Å². The molecule has 1 amide bonds. The number of carbonyl (C=O) groups excluding carboxylic acids is 2. The molecule has 0 unspecified atom stereocenters. The van der Waals surface area contributed by atoms with Gasteiger partial charge in [0.1, 0.15) is 5.75 Å². The molecule has 0 saturated heterocycles. The molecule has 0 spiro atoms. The van der Waals surface area contributed by atoms with Crippen LogP contribution in [0.2, 0.25) is 0 Å². The number of nitrogens with one attached hydrogen (secondary N) is 1. The van der Waals surface area contributed by atoms with Crippen LogP contribution in [-0.4, -0.2) is 24.8 Å². The van der Waals surface area contributed by atoms with Crippen LogP contribution >= 0.6 is 0 Å². The summed E-state index contributed by atoms with van der Waals surface area (Å²) in [5, 5.41) is 11.3. The summed E-state index contributed by atoms with van der Waals surface area (Å²) >= 11 is 0. The molecule has 0 radical (unpaired) electrons. The monoisotopic (exact) mass is 300 g/mol. The predicted octanol–water partition coefficient (Wildman–Crippen LogP) is 2.47. The molecule has 0 bridgehead atoms. The Kier molecular flexibility index (Phi) is 5.54. The number of hydrogen-bond donors (Lipinski definition) is 1. The zero-order valence-electron chi connectivity index (χ0n) is 12.7. The molecule has 2 rings (SSSR count). The second-order valence-electron chi connectivity index (χ2n) is 5.44. The maximum atomic E-state index is 12.2. The highest BCUT2D eigenvalue weighted by atomic mass is 16.5. The van der Waals surface area contributed by atoms with Crippen molar-refractivity contribution < 1.29 is 14.3 Å². The summed E-state index contributed by atoms with van der Waals surface area (Å²) in [6.07, 6.45) is 6.02. The van der Waals surface area contributed by atoms with E-state index in [1.54, 1.807) is 30.3 Å². The number of nitriles is 1. The average Bonchev–Trinajstić information content (AvgIpc) is 2.56. The Morgan fingerprint density at radius 1 is 1.23 bits per heavy atom. The highest BCUT2D eigenvalue weighted by Crippen LogP contribution is 2.24. The van der Waals surface area contributed by atoms with Gasteiger partial charge in [0.2, 0.25) is 5.91 Å². The van der Waals surface area contributed by atoms with Gasteiger partial charge >= 0.3 is 0 Å². The van der Waals surface area contributed by atoms with Crippen molar-refractivity contribution in [2.75, 3.05) is 7.05 Å². The minimum Gasteiger partial charge on any atom is -0.490 e. The van der Waals surface area contributed by atoms with Gasteiger partial charge < -0.3 is 10.1 Å². The van der Waals surface area contributed by atoms with Crippen molar-refractivity contribution in [2.45, 2.75) is 38.2 Å². The molecule has 22 heavy (non-hydrogen) atoms. The topological polar surface area (TPSA) is 79.2 Å². The van der Waals surface area contributed by atoms with Crippen LogP contribution in [0.1, 0.15) is 42.5 Å². The fourth-order valence-corrected chi connectivity index (χ4v) is 2.62. The highest BCUT2D eigenvalue weighted by molar-refractivity contribution is 6.12. The van der Waals surface area contributed by atoms with Crippen molar-refractivity contribution in [1.29, 1.82) is 5.26 Å². The van der Waals surface area contributed by atoms with Gasteiger partial charge in [0, 0.05) is 12.6 Å². The highest BCUT2D eigenvalue weighted by Gasteiger charge is 2.26. The smallest absolute Gasteiger partial charge is 0.245 e. The Balaban J connectivity index is 2.03. The lowest BCUT2D eigenvalue weighted by molar-refractivity contribution is -0.121. The number of nitrogens with zero attached hydrogens (tertiary/aromatic N) is 1. The molecule has 0 aliphatic heterocycles. The standard InChI is InChI=1S/C17H20N2O3/c1-19-17(21)15(11-18)16(20)12-7-9-14(10-8-12)22-13-5-3-2-4-6-13/h7-10,13,15H,2-6H2,1H3,(H,19,21)/t15-/m1/s1. The van der Waals surface area contributed by atoms with Crippen LogP contribution in [0.5, 0.6) is 5.75 Å². The van der Waals surface area contributed by atoms with Gasteiger partial charge in [0.25, 0.3) is 0 Å². The number of benzene rings is 1. The first-order valence-electron chi connectivity index (χ1n) is 7.58. The second kappa shape index (κ2) is 7.60. The van der Waals surface area contributed by atoms with E-state index in [4.69, 9.17) is 10.00 Å². The zero-order chi connectivity index (χ0) is 15.9. The lowest BCUT2D eigenvalue weighted by atomic mass is 9.97. The van der Waals surface area contributed by atoms with E-state index in [-0.39, 0.29) is 6.10 Å². The molecule has 1 atom stereocenters. The minimum absolute atomic E-state index is 0.244. The van der Waals surface area contributed by atoms with Crippen molar-refractivity contribution in [3.63, 3.8) is 0 Å². The molecule has 5 heteroatoms.